The van der Waals surface area contributed by atoms with Crippen LogP contribution in [0.4, 0.5) is 0 Å². The second-order valence-corrected chi connectivity index (χ2v) is 4.42. The molecule has 1 aliphatic rings. The molecule has 84 valence electrons. The molecule has 0 radical (unpaired) electrons. The topological polar surface area (TPSA) is 30.0 Å². The number of hydrogen-bond acceptors (Lipinski definition) is 2. The first kappa shape index (κ1) is 11.1. The molecule has 1 aromatic rings. The molecule has 0 saturated heterocycles. The normalized spacial score (nSPS) is 15.9. The Morgan fingerprint density at radius 1 is 1.25 bits per heavy atom. The SMILES string of the molecule is Cc1ccc(C(=O)C=C2CCCCC2)cn1. The van der Waals surface area contributed by atoms with Crippen molar-refractivity contribution in [2.45, 2.75) is 39.0 Å². The Kier molecular flexibility index (Phi) is 3.50. The minimum Gasteiger partial charge on any atom is -0.289 e. The first-order valence-corrected chi connectivity index (χ1v) is 5.92. The van der Waals surface area contributed by atoms with E-state index in [9.17, 15) is 4.79 Å². The predicted molar refractivity (Wildman–Crippen MR) is 64.5 cm³/mol. The van der Waals surface area contributed by atoms with Gasteiger partial charge in [0.05, 0.1) is 0 Å². The zero-order valence-corrected chi connectivity index (χ0v) is 9.70. The highest BCUT2D eigenvalue weighted by atomic mass is 16.1. The van der Waals surface area contributed by atoms with Crippen LogP contribution in [0.5, 0.6) is 0 Å². The molecule has 1 aromatic heterocycles. The summed E-state index contributed by atoms with van der Waals surface area (Å²) in [5.41, 5.74) is 2.95. The van der Waals surface area contributed by atoms with Crippen LogP contribution in [-0.2, 0) is 0 Å². The third-order valence-electron chi connectivity index (χ3n) is 3.03. The zero-order valence-electron chi connectivity index (χ0n) is 9.70. The Balaban J connectivity index is 2.09. The first-order valence-electron chi connectivity index (χ1n) is 5.92. The van der Waals surface area contributed by atoms with Gasteiger partial charge in [-0.25, -0.2) is 0 Å². The van der Waals surface area contributed by atoms with Crippen LogP contribution in [0.15, 0.2) is 30.0 Å². The van der Waals surface area contributed by atoms with E-state index in [0.29, 0.717) is 5.56 Å². The first-order chi connectivity index (χ1) is 7.75. The Morgan fingerprint density at radius 2 is 2.00 bits per heavy atom. The van der Waals surface area contributed by atoms with Crippen molar-refractivity contribution in [1.29, 1.82) is 0 Å². The van der Waals surface area contributed by atoms with E-state index in [1.807, 2.05) is 25.1 Å². The molecule has 0 unspecified atom stereocenters. The maximum Gasteiger partial charge on any atom is 0.187 e. The number of rotatable bonds is 2. The van der Waals surface area contributed by atoms with Crippen molar-refractivity contribution >= 4 is 5.78 Å². The van der Waals surface area contributed by atoms with Gasteiger partial charge in [0.15, 0.2) is 5.78 Å². The molecule has 0 amide bonds. The maximum atomic E-state index is 11.9. The second kappa shape index (κ2) is 5.06. The van der Waals surface area contributed by atoms with Crippen molar-refractivity contribution in [1.82, 2.24) is 4.98 Å². The molecule has 2 rings (SSSR count). The highest BCUT2D eigenvalue weighted by Gasteiger charge is 2.08. The molecule has 0 N–H and O–H groups in total. The Bertz CT molecular complexity index is 395. The molecule has 0 spiro atoms. The Hall–Kier alpha value is -1.44. The van der Waals surface area contributed by atoms with Crippen LogP contribution in [0.2, 0.25) is 0 Å². The number of carbonyl (C=O) groups excluding carboxylic acids is 1. The van der Waals surface area contributed by atoms with Crippen LogP contribution >= 0.6 is 0 Å². The van der Waals surface area contributed by atoms with E-state index in [4.69, 9.17) is 0 Å². The van der Waals surface area contributed by atoms with Gasteiger partial charge < -0.3 is 0 Å². The summed E-state index contributed by atoms with van der Waals surface area (Å²) in [4.78, 5) is 16.1. The van der Waals surface area contributed by atoms with Crippen LogP contribution in [0, 0.1) is 6.92 Å². The molecule has 0 bridgehead atoms. The lowest BCUT2D eigenvalue weighted by Crippen LogP contribution is -2.01. The molecular weight excluding hydrogens is 198 g/mol. The van der Waals surface area contributed by atoms with Crippen LogP contribution < -0.4 is 0 Å². The average Bonchev–Trinajstić information content (AvgIpc) is 2.31. The highest BCUT2D eigenvalue weighted by molar-refractivity contribution is 6.04. The van der Waals surface area contributed by atoms with Gasteiger partial charge in [-0.3, -0.25) is 9.78 Å². The molecule has 1 aliphatic carbocycles. The van der Waals surface area contributed by atoms with Crippen molar-refractivity contribution in [3.8, 4) is 0 Å². The van der Waals surface area contributed by atoms with E-state index in [1.54, 1.807) is 6.20 Å². The molecule has 1 saturated carbocycles. The van der Waals surface area contributed by atoms with E-state index in [2.05, 4.69) is 4.98 Å². The Labute approximate surface area is 96.4 Å². The van der Waals surface area contributed by atoms with Gasteiger partial charge in [0, 0.05) is 17.5 Å². The number of aromatic nitrogens is 1. The fourth-order valence-corrected chi connectivity index (χ4v) is 2.03. The van der Waals surface area contributed by atoms with Crippen molar-refractivity contribution < 1.29 is 4.79 Å². The van der Waals surface area contributed by atoms with E-state index in [1.165, 1.54) is 24.8 Å². The second-order valence-electron chi connectivity index (χ2n) is 4.42. The number of pyridine rings is 1. The third-order valence-corrected chi connectivity index (χ3v) is 3.03. The van der Waals surface area contributed by atoms with Gasteiger partial charge >= 0.3 is 0 Å². The lowest BCUT2D eigenvalue weighted by atomic mass is 9.93. The molecule has 1 heterocycles. The van der Waals surface area contributed by atoms with Gasteiger partial charge in [0.25, 0.3) is 0 Å². The summed E-state index contributed by atoms with van der Waals surface area (Å²) in [6.45, 7) is 1.92. The highest BCUT2D eigenvalue weighted by Crippen LogP contribution is 2.23. The maximum absolute atomic E-state index is 11.9. The summed E-state index contributed by atoms with van der Waals surface area (Å²) in [5.74, 6) is 0.101. The molecule has 0 atom stereocenters. The summed E-state index contributed by atoms with van der Waals surface area (Å²) in [7, 11) is 0. The quantitative estimate of drug-likeness (QED) is 0.558. The van der Waals surface area contributed by atoms with E-state index < -0.39 is 0 Å². The summed E-state index contributed by atoms with van der Waals surface area (Å²) in [6.07, 6.45) is 9.41. The van der Waals surface area contributed by atoms with Crippen LogP contribution in [-0.4, -0.2) is 10.8 Å². The van der Waals surface area contributed by atoms with Crippen molar-refractivity contribution in [2.24, 2.45) is 0 Å². The van der Waals surface area contributed by atoms with Crippen molar-refractivity contribution in [2.75, 3.05) is 0 Å². The molecular formula is C14H17NO. The summed E-state index contributed by atoms with van der Waals surface area (Å²) in [5, 5.41) is 0. The van der Waals surface area contributed by atoms with Gasteiger partial charge in [-0.1, -0.05) is 12.0 Å². The number of nitrogens with zero attached hydrogens (tertiary/aromatic N) is 1. The molecule has 16 heavy (non-hydrogen) atoms. The largest absolute Gasteiger partial charge is 0.289 e. The monoisotopic (exact) mass is 215 g/mol. The lowest BCUT2D eigenvalue weighted by Gasteiger charge is -2.12. The summed E-state index contributed by atoms with van der Waals surface area (Å²) < 4.78 is 0. The minimum atomic E-state index is 0.101. The number of ketones is 1. The van der Waals surface area contributed by atoms with Crippen molar-refractivity contribution in [3.05, 3.63) is 41.2 Å². The van der Waals surface area contributed by atoms with Crippen LogP contribution in [0.3, 0.4) is 0 Å². The molecule has 0 aromatic carbocycles. The van der Waals surface area contributed by atoms with Crippen LogP contribution in [0.25, 0.3) is 0 Å². The fraction of sp³-hybridized carbons (Fsp3) is 0.429. The van der Waals surface area contributed by atoms with Gasteiger partial charge in [-0.15, -0.1) is 0 Å². The lowest BCUT2D eigenvalue weighted by molar-refractivity contribution is 0.104. The third kappa shape index (κ3) is 2.78. The van der Waals surface area contributed by atoms with E-state index in [0.717, 1.165) is 18.5 Å². The predicted octanol–water partition coefficient (Wildman–Crippen LogP) is 3.46. The van der Waals surface area contributed by atoms with Crippen molar-refractivity contribution in [3.63, 3.8) is 0 Å². The van der Waals surface area contributed by atoms with Crippen LogP contribution in [0.1, 0.15) is 48.2 Å². The van der Waals surface area contributed by atoms with Gasteiger partial charge in [0.1, 0.15) is 0 Å². The number of carbonyl (C=O) groups is 1. The summed E-state index contributed by atoms with van der Waals surface area (Å²) >= 11 is 0. The van der Waals surface area contributed by atoms with Gasteiger partial charge in [-0.05, 0) is 50.8 Å². The van der Waals surface area contributed by atoms with Gasteiger partial charge in [-0.2, -0.15) is 0 Å². The fourth-order valence-electron chi connectivity index (χ4n) is 2.03. The summed E-state index contributed by atoms with van der Waals surface area (Å²) in [6, 6.07) is 3.73. The average molecular weight is 215 g/mol. The number of aryl methyl sites for hydroxylation is 1. The molecule has 1 fully saturated rings. The minimum absolute atomic E-state index is 0.101. The molecule has 2 heteroatoms. The number of hydrogen-bond donors (Lipinski definition) is 0. The number of allylic oxidation sites excluding steroid dienone is 2. The smallest absolute Gasteiger partial charge is 0.187 e. The molecule has 0 aliphatic heterocycles. The van der Waals surface area contributed by atoms with Gasteiger partial charge in [0.2, 0.25) is 0 Å². The Morgan fingerprint density at radius 3 is 2.62 bits per heavy atom. The van der Waals surface area contributed by atoms with E-state index >= 15 is 0 Å². The zero-order chi connectivity index (χ0) is 11.4. The van der Waals surface area contributed by atoms with E-state index in [-0.39, 0.29) is 5.78 Å². The standard InChI is InChI=1S/C14H17NO/c1-11-7-8-13(10-15-11)14(16)9-12-5-3-2-4-6-12/h7-10H,2-6H2,1H3. The molecule has 2 nitrogen and oxygen atoms in total.